The number of fused-ring (bicyclic) bond motifs is 1. The van der Waals surface area contributed by atoms with Gasteiger partial charge in [0.1, 0.15) is 5.69 Å². The van der Waals surface area contributed by atoms with Crippen molar-refractivity contribution in [2.24, 2.45) is 0 Å². The number of nitrogens with one attached hydrogen (secondary N) is 1. The van der Waals surface area contributed by atoms with Crippen molar-refractivity contribution >= 4 is 16.8 Å². The predicted molar refractivity (Wildman–Crippen MR) is 77.8 cm³/mol. The van der Waals surface area contributed by atoms with E-state index in [0.717, 1.165) is 0 Å². The minimum atomic E-state index is -0.985. The molecule has 0 fully saturated rings. The van der Waals surface area contributed by atoms with E-state index in [0.29, 0.717) is 10.9 Å². The van der Waals surface area contributed by atoms with Crippen LogP contribution in [-0.2, 0) is 0 Å². The first-order chi connectivity index (χ1) is 9.28. The van der Waals surface area contributed by atoms with Gasteiger partial charge in [0, 0.05) is 30.6 Å². The van der Waals surface area contributed by atoms with E-state index in [4.69, 9.17) is 0 Å². The molecule has 0 unspecified atom stereocenters. The summed E-state index contributed by atoms with van der Waals surface area (Å²) in [6, 6.07) is 8.34. The number of likely N-dealkylation sites (N-methyl/N-ethyl adjacent to an activating group) is 1. The number of rotatable bonds is 3. The fourth-order valence-corrected chi connectivity index (χ4v) is 2.17. The van der Waals surface area contributed by atoms with Gasteiger partial charge in [0.15, 0.2) is 5.43 Å². The van der Waals surface area contributed by atoms with Gasteiger partial charge in [0.2, 0.25) is 0 Å². The van der Waals surface area contributed by atoms with E-state index in [1.165, 1.54) is 11.0 Å². The van der Waals surface area contributed by atoms with Gasteiger partial charge >= 0.3 is 0 Å². The molecular formula is C15H18N2O3. The van der Waals surface area contributed by atoms with Gasteiger partial charge < -0.3 is 15.0 Å². The molecule has 106 valence electrons. The first-order valence-corrected chi connectivity index (χ1v) is 6.38. The Balaban J connectivity index is 2.38. The Kier molecular flexibility index (Phi) is 3.63. The Morgan fingerprint density at radius 3 is 2.65 bits per heavy atom. The fraction of sp³-hybridized carbons (Fsp3) is 0.333. The molecule has 0 spiro atoms. The minimum absolute atomic E-state index is 0.181. The smallest absolute Gasteiger partial charge is 0.270 e. The van der Waals surface area contributed by atoms with Crippen LogP contribution in [0.15, 0.2) is 35.1 Å². The number of para-hydroxylation sites is 1. The number of aromatic amines is 1. The molecule has 0 aliphatic heterocycles. The molecule has 20 heavy (non-hydrogen) atoms. The maximum absolute atomic E-state index is 12.3. The van der Waals surface area contributed by atoms with Gasteiger partial charge in [0.25, 0.3) is 5.91 Å². The molecule has 1 aromatic heterocycles. The van der Waals surface area contributed by atoms with Gasteiger partial charge in [0.05, 0.1) is 5.60 Å². The number of nitrogens with zero attached hydrogens (tertiary/aromatic N) is 1. The van der Waals surface area contributed by atoms with E-state index in [9.17, 15) is 14.7 Å². The summed E-state index contributed by atoms with van der Waals surface area (Å²) >= 11 is 0. The highest BCUT2D eigenvalue weighted by Crippen LogP contribution is 2.10. The molecule has 0 aliphatic carbocycles. The largest absolute Gasteiger partial charge is 0.389 e. The molecule has 1 amide bonds. The molecule has 1 aromatic carbocycles. The molecule has 2 N–H and O–H groups in total. The highest BCUT2D eigenvalue weighted by atomic mass is 16.3. The van der Waals surface area contributed by atoms with Crippen LogP contribution in [0, 0.1) is 0 Å². The molecular weight excluding hydrogens is 256 g/mol. The van der Waals surface area contributed by atoms with Crippen LogP contribution in [0.1, 0.15) is 24.3 Å². The zero-order valence-corrected chi connectivity index (χ0v) is 11.8. The molecule has 2 aromatic rings. The van der Waals surface area contributed by atoms with Gasteiger partial charge in [-0.15, -0.1) is 0 Å². The van der Waals surface area contributed by atoms with E-state index >= 15 is 0 Å². The molecule has 1 heterocycles. The van der Waals surface area contributed by atoms with E-state index < -0.39 is 5.60 Å². The summed E-state index contributed by atoms with van der Waals surface area (Å²) in [6.45, 7) is 3.43. The van der Waals surface area contributed by atoms with Crippen molar-refractivity contribution < 1.29 is 9.90 Å². The van der Waals surface area contributed by atoms with Crippen LogP contribution < -0.4 is 5.43 Å². The second-order valence-corrected chi connectivity index (χ2v) is 5.57. The summed E-state index contributed by atoms with van der Waals surface area (Å²) in [7, 11) is 1.59. The Labute approximate surface area is 116 Å². The SMILES string of the molecule is CN(CC(C)(C)O)C(=O)c1cc(=O)c2ccccc2[nH]1. The van der Waals surface area contributed by atoms with E-state index in [-0.39, 0.29) is 23.6 Å². The standard InChI is InChI=1S/C15H18N2O3/c1-15(2,20)9-17(3)14(19)12-8-13(18)10-6-4-5-7-11(10)16-12/h4-8,20H,9H2,1-3H3,(H,16,18). The number of hydrogen-bond acceptors (Lipinski definition) is 3. The van der Waals surface area contributed by atoms with Crippen molar-refractivity contribution in [2.75, 3.05) is 13.6 Å². The minimum Gasteiger partial charge on any atom is -0.389 e. The normalized spacial score (nSPS) is 11.6. The maximum atomic E-state index is 12.3. The van der Waals surface area contributed by atoms with Gasteiger partial charge in [-0.3, -0.25) is 9.59 Å². The molecule has 0 saturated carbocycles. The number of pyridine rings is 1. The molecule has 0 aliphatic rings. The zero-order chi connectivity index (χ0) is 14.9. The Morgan fingerprint density at radius 2 is 2.00 bits per heavy atom. The third-order valence-electron chi connectivity index (χ3n) is 2.94. The number of H-pyrrole nitrogens is 1. The van der Waals surface area contributed by atoms with Gasteiger partial charge in [-0.05, 0) is 26.0 Å². The molecule has 2 rings (SSSR count). The predicted octanol–water partition coefficient (Wildman–Crippen LogP) is 1.37. The van der Waals surface area contributed by atoms with Crippen molar-refractivity contribution in [1.82, 2.24) is 9.88 Å². The van der Waals surface area contributed by atoms with E-state index in [1.54, 1.807) is 45.2 Å². The van der Waals surface area contributed by atoms with Crippen molar-refractivity contribution in [1.29, 1.82) is 0 Å². The Bertz CT molecular complexity index is 698. The second kappa shape index (κ2) is 5.09. The molecule has 0 bridgehead atoms. The number of benzene rings is 1. The average molecular weight is 274 g/mol. The molecule has 0 saturated heterocycles. The van der Waals surface area contributed by atoms with E-state index in [1.807, 2.05) is 0 Å². The van der Waals surface area contributed by atoms with E-state index in [2.05, 4.69) is 4.98 Å². The summed E-state index contributed by atoms with van der Waals surface area (Å²) in [4.78, 5) is 28.6. The number of hydrogen-bond donors (Lipinski definition) is 2. The van der Waals surface area contributed by atoms with Crippen LogP contribution >= 0.6 is 0 Å². The van der Waals surface area contributed by atoms with Crippen LogP contribution in [-0.4, -0.2) is 40.1 Å². The van der Waals surface area contributed by atoms with Crippen LogP contribution in [0.25, 0.3) is 10.9 Å². The monoisotopic (exact) mass is 274 g/mol. The average Bonchev–Trinajstić information content (AvgIpc) is 2.35. The number of amides is 1. The first-order valence-electron chi connectivity index (χ1n) is 6.38. The highest BCUT2D eigenvalue weighted by molar-refractivity contribution is 5.94. The number of carbonyl (C=O) groups is 1. The van der Waals surface area contributed by atoms with Crippen LogP contribution in [0.3, 0.4) is 0 Å². The van der Waals surface area contributed by atoms with Crippen molar-refractivity contribution in [3.05, 3.63) is 46.2 Å². The Morgan fingerprint density at radius 1 is 1.35 bits per heavy atom. The summed E-state index contributed by atoms with van der Waals surface area (Å²) in [5, 5.41) is 10.3. The fourth-order valence-electron chi connectivity index (χ4n) is 2.17. The van der Waals surface area contributed by atoms with Crippen molar-refractivity contribution in [3.63, 3.8) is 0 Å². The third-order valence-corrected chi connectivity index (χ3v) is 2.94. The lowest BCUT2D eigenvalue weighted by atomic mass is 10.1. The number of aliphatic hydroxyl groups is 1. The topological polar surface area (TPSA) is 73.4 Å². The molecule has 5 nitrogen and oxygen atoms in total. The molecule has 0 radical (unpaired) electrons. The molecule has 0 atom stereocenters. The lowest BCUT2D eigenvalue weighted by Crippen LogP contribution is -2.40. The number of aromatic nitrogens is 1. The number of carbonyl (C=O) groups excluding carboxylic acids is 1. The van der Waals surface area contributed by atoms with Crippen molar-refractivity contribution in [3.8, 4) is 0 Å². The van der Waals surface area contributed by atoms with Crippen molar-refractivity contribution in [2.45, 2.75) is 19.4 Å². The van der Waals surface area contributed by atoms with Crippen LogP contribution in [0.4, 0.5) is 0 Å². The summed E-state index contributed by atoms with van der Waals surface area (Å²) in [5.41, 5.74) is -0.332. The maximum Gasteiger partial charge on any atom is 0.270 e. The van der Waals surface area contributed by atoms with Gasteiger partial charge in [-0.1, -0.05) is 12.1 Å². The third kappa shape index (κ3) is 3.05. The van der Waals surface area contributed by atoms with Gasteiger partial charge in [-0.25, -0.2) is 0 Å². The first kappa shape index (κ1) is 14.3. The summed E-state index contributed by atoms with van der Waals surface area (Å²) in [5.74, 6) is -0.324. The second-order valence-electron chi connectivity index (χ2n) is 5.57. The quantitative estimate of drug-likeness (QED) is 0.888. The zero-order valence-electron chi connectivity index (χ0n) is 11.8. The van der Waals surface area contributed by atoms with Gasteiger partial charge in [-0.2, -0.15) is 0 Å². The lowest BCUT2D eigenvalue weighted by molar-refractivity contribution is 0.0365. The van der Waals surface area contributed by atoms with Crippen LogP contribution in [0.5, 0.6) is 0 Å². The Hall–Kier alpha value is -2.14. The molecule has 5 heteroatoms. The van der Waals surface area contributed by atoms with Crippen LogP contribution in [0.2, 0.25) is 0 Å². The summed E-state index contributed by atoms with van der Waals surface area (Å²) in [6.07, 6.45) is 0. The highest BCUT2D eigenvalue weighted by Gasteiger charge is 2.21. The lowest BCUT2D eigenvalue weighted by Gasteiger charge is -2.25. The summed E-state index contributed by atoms with van der Waals surface area (Å²) < 4.78 is 0.